The van der Waals surface area contributed by atoms with Crippen molar-refractivity contribution in [3.63, 3.8) is 0 Å². The van der Waals surface area contributed by atoms with Crippen molar-refractivity contribution in [2.75, 3.05) is 31.1 Å². The zero-order valence-electron chi connectivity index (χ0n) is 15.2. The molecule has 0 spiro atoms. The van der Waals surface area contributed by atoms with E-state index in [2.05, 4.69) is 51.0 Å². The summed E-state index contributed by atoms with van der Waals surface area (Å²) in [5.41, 5.74) is 8.07. The standard InChI is InChI=1S/C18H30N6O/c1-12(2)25-13-3-4-15-14(9-13)18(23-22-15)16-10-17(21-11-20-16)24-7-5-19-6-8-24/h10-15,18-19,22-23H,3-9H2,1-2H3. The minimum atomic E-state index is 0.230. The molecule has 0 bridgehead atoms. The van der Waals surface area contributed by atoms with Gasteiger partial charge in [-0.15, -0.1) is 0 Å². The van der Waals surface area contributed by atoms with Gasteiger partial charge in [0.05, 0.1) is 23.9 Å². The molecule has 3 fully saturated rings. The van der Waals surface area contributed by atoms with Gasteiger partial charge < -0.3 is 15.0 Å². The Morgan fingerprint density at radius 2 is 2.00 bits per heavy atom. The number of piperazine rings is 1. The summed E-state index contributed by atoms with van der Waals surface area (Å²) < 4.78 is 6.10. The van der Waals surface area contributed by atoms with Crippen LogP contribution in [0, 0.1) is 5.92 Å². The first-order valence-corrected chi connectivity index (χ1v) is 9.65. The summed E-state index contributed by atoms with van der Waals surface area (Å²) in [7, 11) is 0. The van der Waals surface area contributed by atoms with Gasteiger partial charge in [-0.05, 0) is 33.1 Å². The highest BCUT2D eigenvalue weighted by Gasteiger charge is 2.42. The van der Waals surface area contributed by atoms with E-state index in [1.165, 1.54) is 0 Å². The summed E-state index contributed by atoms with van der Waals surface area (Å²) in [6, 6.07) is 2.91. The molecule has 4 atom stereocenters. The normalized spacial score (nSPS) is 32.8. The molecule has 1 aliphatic carbocycles. The molecule has 3 aliphatic rings. The fraction of sp³-hybridized carbons (Fsp3) is 0.778. The molecule has 138 valence electrons. The molecule has 2 aliphatic heterocycles. The number of hydrazine groups is 1. The molecule has 0 radical (unpaired) electrons. The Balaban J connectivity index is 1.49. The Bertz CT molecular complexity index is 576. The third-order valence-corrected chi connectivity index (χ3v) is 5.60. The first-order chi connectivity index (χ1) is 12.2. The lowest BCUT2D eigenvalue weighted by molar-refractivity contribution is -0.0276. The molecule has 4 rings (SSSR count). The monoisotopic (exact) mass is 346 g/mol. The maximum absolute atomic E-state index is 6.10. The van der Waals surface area contributed by atoms with Gasteiger partial charge in [-0.1, -0.05) is 0 Å². The number of aromatic nitrogens is 2. The molecular weight excluding hydrogens is 316 g/mol. The van der Waals surface area contributed by atoms with Crippen molar-refractivity contribution in [2.24, 2.45) is 5.92 Å². The van der Waals surface area contributed by atoms with E-state index in [1.54, 1.807) is 6.33 Å². The molecule has 1 saturated carbocycles. The minimum Gasteiger partial charge on any atom is -0.376 e. The van der Waals surface area contributed by atoms with E-state index in [0.29, 0.717) is 24.2 Å². The van der Waals surface area contributed by atoms with Gasteiger partial charge in [0.25, 0.3) is 0 Å². The SMILES string of the molecule is CC(C)OC1CCC2NNC(c3cc(N4CCNCC4)ncn3)C2C1. The Morgan fingerprint density at radius 3 is 2.80 bits per heavy atom. The Kier molecular flexibility index (Phi) is 5.17. The number of anilines is 1. The van der Waals surface area contributed by atoms with E-state index >= 15 is 0 Å². The lowest BCUT2D eigenvalue weighted by Gasteiger charge is -2.34. The summed E-state index contributed by atoms with van der Waals surface area (Å²) in [4.78, 5) is 11.4. The lowest BCUT2D eigenvalue weighted by Crippen LogP contribution is -2.44. The van der Waals surface area contributed by atoms with E-state index < -0.39 is 0 Å². The van der Waals surface area contributed by atoms with Gasteiger partial charge in [-0.3, -0.25) is 5.43 Å². The second kappa shape index (κ2) is 7.53. The number of ether oxygens (including phenoxy) is 1. The average Bonchev–Trinajstić information content (AvgIpc) is 3.05. The molecule has 0 amide bonds. The zero-order valence-corrected chi connectivity index (χ0v) is 15.2. The maximum Gasteiger partial charge on any atom is 0.132 e. The number of hydrogen-bond acceptors (Lipinski definition) is 7. The second-order valence-electron chi connectivity index (χ2n) is 7.69. The molecule has 0 aromatic carbocycles. The van der Waals surface area contributed by atoms with Gasteiger partial charge in [-0.25, -0.2) is 15.4 Å². The maximum atomic E-state index is 6.10. The third-order valence-electron chi connectivity index (χ3n) is 5.60. The van der Waals surface area contributed by atoms with E-state index in [-0.39, 0.29) is 6.04 Å². The third kappa shape index (κ3) is 3.79. The molecule has 7 nitrogen and oxygen atoms in total. The van der Waals surface area contributed by atoms with Crippen molar-refractivity contribution in [1.29, 1.82) is 0 Å². The second-order valence-corrected chi connectivity index (χ2v) is 7.69. The Hall–Kier alpha value is -1.28. The molecule has 2 saturated heterocycles. The Labute approximate surface area is 149 Å². The number of hydrogen-bond donors (Lipinski definition) is 3. The zero-order chi connectivity index (χ0) is 17.2. The molecule has 3 N–H and O–H groups in total. The van der Waals surface area contributed by atoms with Crippen LogP contribution < -0.4 is 21.1 Å². The molecule has 1 aromatic heterocycles. The number of nitrogens with zero attached hydrogens (tertiary/aromatic N) is 3. The highest BCUT2D eigenvalue weighted by atomic mass is 16.5. The largest absolute Gasteiger partial charge is 0.376 e. The molecule has 25 heavy (non-hydrogen) atoms. The van der Waals surface area contributed by atoms with Gasteiger partial charge >= 0.3 is 0 Å². The first kappa shape index (κ1) is 17.1. The predicted octanol–water partition coefficient (Wildman–Crippen LogP) is 0.997. The van der Waals surface area contributed by atoms with Crippen molar-refractivity contribution in [1.82, 2.24) is 26.1 Å². The quantitative estimate of drug-likeness (QED) is 0.751. The van der Waals surface area contributed by atoms with Crippen molar-refractivity contribution in [3.05, 3.63) is 18.1 Å². The highest BCUT2D eigenvalue weighted by molar-refractivity contribution is 5.40. The lowest BCUT2D eigenvalue weighted by atomic mass is 9.79. The van der Waals surface area contributed by atoms with E-state index in [0.717, 1.165) is 57.0 Å². The number of nitrogens with one attached hydrogen (secondary N) is 3. The Morgan fingerprint density at radius 1 is 1.16 bits per heavy atom. The fourth-order valence-corrected chi connectivity index (χ4v) is 4.42. The fourth-order valence-electron chi connectivity index (χ4n) is 4.42. The number of fused-ring (bicyclic) bond motifs is 1. The van der Waals surface area contributed by atoms with E-state index in [1.807, 2.05) is 0 Å². The van der Waals surface area contributed by atoms with Crippen molar-refractivity contribution >= 4 is 5.82 Å². The van der Waals surface area contributed by atoms with Crippen LogP contribution >= 0.6 is 0 Å². The minimum absolute atomic E-state index is 0.230. The average molecular weight is 346 g/mol. The summed E-state index contributed by atoms with van der Waals surface area (Å²) in [5.74, 6) is 1.56. The molecule has 3 heterocycles. The summed E-state index contributed by atoms with van der Waals surface area (Å²) in [5, 5.41) is 3.39. The van der Waals surface area contributed by atoms with Crippen LogP contribution in [0.3, 0.4) is 0 Å². The summed E-state index contributed by atoms with van der Waals surface area (Å²) >= 11 is 0. The van der Waals surface area contributed by atoms with Crippen LogP contribution in [0.1, 0.15) is 44.8 Å². The van der Waals surface area contributed by atoms with Gasteiger partial charge in [0.1, 0.15) is 12.1 Å². The van der Waals surface area contributed by atoms with Crippen LogP contribution in [-0.2, 0) is 4.74 Å². The van der Waals surface area contributed by atoms with Crippen LogP contribution in [0.5, 0.6) is 0 Å². The van der Waals surface area contributed by atoms with Gasteiger partial charge in [-0.2, -0.15) is 0 Å². The highest BCUT2D eigenvalue weighted by Crippen LogP contribution is 2.39. The molecule has 7 heteroatoms. The van der Waals surface area contributed by atoms with Crippen LogP contribution in [-0.4, -0.2) is 54.4 Å². The summed E-state index contributed by atoms with van der Waals surface area (Å²) in [6.07, 6.45) is 5.74. The van der Waals surface area contributed by atoms with Crippen molar-refractivity contribution in [3.8, 4) is 0 Å². The van der Waals surface area contributed by atoms with Crippen molar-refractivity contribution < 1.29 is 4.74 Å². The van der Waals surface area contributed by atoms with Crippen LogP contribution in [0.25, 0.3) is 0 Å². The predicted molar refractivity (Wildman–Crippen MR) is 97.3 cm³/mol. The van der Waals surface area contributed by atoms with Crippen molar-refractivity contribution in [2.45, 2.75) is 57.4 Å². The van der Waals surface area contributed by atoms with Gasteiger partial charge in [0.15, 0.2) is 0 Å². The number of rotatable bonds is 4. The smallest absolute Gasteiger partial charge is 0.132 e. The first-order valence-electron chi connectivity index (χ1n) is 9.65. The van der Waals surface area contributed by atoms with E-state index in [9.17, 15) is 0 Å². The molecular formula is C18H30N6O. The van der Waals surface area contributed by atoms with E-state index in [4.69, 9.17) is 4.74 Å². The van der Waals surface area contributed by atoms with Crippen LogP contribution in [0.15, 0.2) is 12.4 Å². The molecule has 4 unspecified atom stereocenters. The van der Waals surface area contributed by atoms with Gasteiger partial charge in [0, 0.05) is 44.2 Å². The van der Waals surface area contributed by atoms with Crippen LogP contribution in [0.4, 0.5) is 5.82 Å². The molecule has 1 aromatic rings. The topological polar surface area (TPSA) is 74.3 Å². The van der Waals surface area contributed by atoms with Gasteiger partial charge in [0.2, 0.25) is 0 Å². The van der Waals surface area contributed by atoms with Crippen LogP contribution in [0.2, 0.25) is 0 Å². The summed E-state index contributed by atoms with van der Waals surface area (Å²) in [6.45, 7) is 8.28.